The summed E-state index contributed by atoms with van der Waals surface area (Å²) in [7, 11) is 1.26. The number of ether oxygens (including phenoxy) is 1. The van der Waals surface area contributed by atoms with Gasteiger partial charge in [-0.2, -0.15) is 0 Å². The van der Waals surface area contributed by atoms with Crippen molar-refractivity contribution in [1.82, 2.24) is 4.57 Å². The molecule has 1 fully saturated rings. The molecule has 2 aromatic rings. The van der Waals surface area contributed by atoms with E-state index >= 15 is 0 Å². The minimum atomic E-state index is -0.638. The summed E-state index contributed by atoms with van der Waals surface area (Å²) < 4.78 is 19.2. The van der Waals surface area contributed by atoms with Gasteiger partial charge in [-0.15, -0.1) is 0 Å². The van der Waals surface area contributed by atoms with E-state index in [4.69, 9.17) is 4.74 Å². The number of pyridine rings is 1. The summed E-state index contributed by atoms with van der Waals surface area (Å²) in [5, 5.41) is 0. The fourth-order valence-electron chi connectivity index (χ4n) is 2.66. The van der Waals surface area contributed by atoms with Crippen LogP contribution in [0.2, 0.25) is 0 Å². The van der Waals surface area contributed by atoms with Crippen LogP contribution in [0, 0.1) is 12.7 Å². The Balaban J connectivity index is 2.25. The van der Waals surface area contributed by atoms with E-state index in [0.717, 1.165) is 18.4 Å². The third-order valence-corrected chi connectivity index (χ3v) is 4.02. The molecule has 0 aliphatic heterocycles. The Hall–Kier alpha value is -2.43. The van der Waals surface area contributed by atoms with Gasteiger partial charge in [-0.25, -0.2) is 9.18 Å². The van der Waals surface area contributed by atoms with Crippen LogP contribution < -0.4 is 5.56 Å². The summed E-state index contributed by atoms with van der Waals surface area (Å²) in [6.07, 6.45) is 3.85. The Kier molecular flexibility index (Phi) is 3.56. The normalized spacial score (nSPS) is 14.0. The molecular formula is C17H16FNO3. The first-order chi connectivity index (χ1) is 10.5. The maximum Gasteiger partial charge on any atom is 0.343 e. The molecule has 114 valence electrons. The number of hydrogen-bond acceptors (Lipinski definition) is 3. The van der Waals surface area contributed by atoms with Crippen LogP contribution in [-0.4, -0.2) is 17.6 Å². The number of carbonyl (C=O) groups excluding carboxylic acids is 1. The molecule has 1 aliphatic rings. The fraction of sp³-hybridized carbons (Fsp3) is 0.294. The molecule has 5 heteroatoms. The van der Waals surface area contributed by atoms with E-state index in [1.54, 1.807) is 13.1 Å². The number of aromatic nitrogens is 1. The van der Waals surface area contributed by atoms with Crippen LogP contribution in [-0.2, 0) is 4.74 Å². The average Bonchev–Trinajstić information content (AvgIpc) is 3.33. The van der Waals surface area contributed by atoms with Gasteiger partial charge >= 0.3 is 5.97 Å². The Labute approximate surface area is 127 Å². The van der Waals surface area contributed by atoms with E-state index in [9.17, 15) is 14.0 Å². The fourth-order valence-corrected chi connectivity index (χ4v) is 2.66. The summed E-state index contributed by atoms with van der Waals surface area (Å²) in [5.41, 5.74) is 1.79. The zero-order chi connectivity index (χ0) is 15.9. The van der Waals surface area contributed by atoms with Crippen molar-refractivity contribution in [1.29, 1.82) is 0 Å². The Morgan fingerprint density at radius 3 is 2.45 bits per heavy atom. The lowest BCUT2D eigenvalue weighted by molar-refractivity contribution is 0.0597. The number of halogens is 1. The quantitative estimate of drug-likeness (QED) is 0.819. The van der Waals surface area contributed by atoms with Crippen LogP contribution in [0.15, 0.2) is 35.3 Å². The molecule has 1 saturated carbocycles. The minimum absolute atomic E-state index is 0.0521. The lowest BCUT2D eigenvalue weighted by atomic mass is 10.0. The van der Waals surface area contributed by atoms with Crippen LogP contribution >= 0.6 is 0 Å². The van der Waals surface area contributed by atoms with Gasteiger partial charge in [-0.05, 0) is 61.1 Å². The summed E-state index contributed by atoms with van der Waals surface area (Å²) in [6.45, 7) is 1.77. The predicted octanol–water partition coefficient (Wildman–Crippen LogP) is 2.95. The molecule has 1 aromatic heterocycles. The van der Waals surface area contributed by atoms with Crippen molar-refractivity contribution < 1.29 is 13.9 Å². The maximum atomic E-state index is 13.1. The summed E-state index contributed by atoms with van der Waals surface area (Å²) in [5.74, 6) is -0.643. The van der Waals surface area contributed by atoms with Crippen molar-refractivity contribution in [3.63, 3.8) is 0 Å². The Bertz CT molecular complexity index is 789. The highest BCUT2D eigenvalue weighted by atomic mass is 19.1. The van der Waals surface area contributed by atoms with Gasteiger partial charge in [0.05, 0.1) is 7.11 Å². The second-order valence-electron chi connectivity index (χ2n) is 5.50. The number of nitrogens with zero attached hydrogens (tertiary/aromatic N) is 1. The van der Waals surface area contributed by atoms with Gasteiger partial charge in [0.2, 0.25) is 0 Å². The lowest BCUT2D eigenvalue weighted by Gasteiger charge is -2.14. The molecular weight excluding hydrogens is 285 g/mol. The van der Waals surface area contributed by atoms with Gasteiger partial charge in [-0.3, -0.25) is 9.36 Å². The van der Waals surface area contributed by atoms with E-state index < -0.39 is 11.5 Å². The zero-order valence-corrected chi connectivity index (χ0v) is 12.4. The van der Waals surface area contributed by atoms with Crippen molar-refractivity contribution in [2.45, 2.75) is 25.7 Å². The number of methoxy groups -OCH3 is 1. The lowest BCUT2D eigenvalue weighted by Crippen LogP contribution is -2.28. The molecule has 0 bridgehead atoms. The van der Waals surface area contributed by atoms with Gasteiger partial charge in [0.1, 0.15) is 11.4 Å². The third kappa shape index (κ3) is 2.43. The van der Waals surface area contributed by atoms with E-state index in [1.807, 2.05) is 0 Å². The molecule has 1 aliphatic carbocycles. The van der Waals surface area contributed by atoms with Gasteiger partial charge in [0.25, 0.3) is 5.56 Å². The van der Waals surface area contributed by atoms with Gasteiger partial charge in [0, 0.05) is 11.9 Å². The molecule has 4 nitrogen and oxygen atoms in total. The molecule has 0 unspecified atom stereocenters. The topological polar surface area (TPSA) is 48.3 Å². The number of benzene rings is 1. The smallest absolute Gasteiger partial charge is 0.343 e. The first-order valence-electron chi connectivity index (χ1n) is 7.13. The first-order valence-corrected chi connectivity index (χ1v) is 7.13. The van der Waals surface area contributed by atoms with Crippen molar-refractivity contribution >= 4 is 5.97 Å². The zero-order valence-electron chi connectivity index (χ0n) is 12.4. The minimum Gasteiger partial charge on any atom is -0.465 e. The molecule has 0 saturated heterocycles. The van der Waals surface area contributed by atoms with Gasteiger partial charge in [-0.1, -0.05) is 0 Å². The SMILES string of the molecule is COC(=O)c1c(C)c(C2CC2)cn(-c2ccc(F)cc2)c1=O. The molecule has 0 N–H and O–H groups in total. The van der Waals surface area contributed by atoms with Gasteiger partial charge in [0.15, 0.2) is 0 Å². The molecule has 3 rings (SSSR count). The van der Waals surface area contributed by atoms with Crippen LogP contribution in [0.25, 0.3) is 5.69 Å². The Morgan fingerprint density at radius 1 is 1.27 bits per heavy atom. The van der Waals surface area contributed by atoms with Crippen molar-refractivity contribution in [3.8, 4) is 5.69 Å². The standard InChI is InChI=1S/C17H16FNO3/c1-10-14(11-3-4-11)9-19(13-7-5-12(18)6-8-13)16(20)15(10)17(21)22-2/h5-9,11H,3-4H2,1-2H3. The Morgan fingerprint density at radius 2 is 1.91 bits per heavy atom. The molecule has 0 radical (unpaired) electrons. The maximum absolute atomic E-state index is 13.1. The van der Waals surface area contributed by atoms with Gasteiger partial charge < -0.3 is 4.74 Å². The molecule has 1 heterocycles. The second-order valence-corrected chi connectivity index (χ2v) is 5.50. The van der Waals surface area contributed by atoms with Crippen molar-refractivity contribution in [3.05, 3.63) is 63.3 Å². The monoisotopic (exact) mass is 301 g/mol. The van der Waals surface area contributed by atoms with Crippen LogP contribution in [0.5, 0.6) is 0 Å². The number of hydrogen-bond donors (Lipinski definition) is 0. The number of rotatable bonds is 3. The van der Waals surface area contributed by atoms with E-state index in [1.165, 1.54) is 35.9 Å². The largest absolute Gasteiger partial charge is 0.465 e. The number of esters is 1. The average molecular weight is 301 g/mol. The van der Waals surface area contributed by atoms with E-state index in [0.29, 0.717) is 17.2 Å². The molecule has 22 heavy (non-hydrogen) atoms. The second kappa shape index (κ2) is 5.40. The summed E-state index contributed by atoms with van der Waals surface area (Å²) >= 11 is 0. The van der Waals surface area contributed by atoms with Crippen LogP contribution in [0.1, 0.15) is 40.2 Å². The number of carbonyl (C=O) groups is 1. The molecule has 0 amide bonds. The van der Waals surface area contributed by atoms with Crippen LogP contribution in [0.4, 0.5) is 4.39 Å². The highest BCUT2D eigenvalue weighted by Gasteiger charge is 2.30. The summed E-state index contributed by atoms with van der Waals surface area (Å²) in [4.78, 5) is 24.6. The first kappa shape index (κ1) is 14.5. The highest BCUT2D eigenvalue weighted by Crippen LogP contribution is 2.41. The summed E-state index contributed by atoms with van der Waals surface area (Å²) in [6, 6.07) is 5.61. The van der Waals surface area contributed by atoms with Crippen molar-refractivity contribution in [2.24, 2.45) is 0 Å². The highest BCUT2D eigenvalue weighted by molar-refractivity contribution is 5.91. The molecule has 1 aromatic carbocycles. The molecule has 0 atom stereocenters. The van der Waals surface area contributed by atoms with Crippen LogP contribution in [0.3, 0.4) is 0 Å². The predicted molar refractivity (Wildman–Crippen MR) is 80.0 cm³/mol. The van der Waals surface area contributed by atoms with Crippen molar-refractivity contribution in [2.75, 3.05) is 7.11 Å². The van der Waals surface area contributed by atoms with E-state index in [-0.39, 0.29) is 11.4 Å². The molecule has 0 spiro atoms. The third-order valence-electron chi connectivity index (χ3n) is 4.02. The van der Waals surface area contributed by atoms with E-state index in [2.05, 4.69) is 0 Å².